The number of hydrogen-bond donors (Lipinski definition) is 2. The van der Waals surface area contributed by atoms with Crippen molar-refractivity contribution in [3.63, 3.8) is 0 Å². The SMILES string of the molecule is CC(C)c1[nH]c(=O)[nH]c(=O)c1Cc1ccccc1. The van der Waals surface area contributed by atoms with Gasteiger partial charge in [0.25, 0.3) is 5.56 Å². The van der Waals surface area contributed by atoms with E-state index in [-0.39, 0.29) is 11.5 Å². The molecule has 2 rings (SSSR count). The second-order valence-corrected chi connectivity index (χ2v) is 4.62. The number of H-pyrrole nitrogens is 2. The molecule has 0 aliphatic heterocycles. The molecule has 94 valence electrons. The molecule has 0 fully saturated rings. The van der Waals surface area contributed by atoms with Crippen LogP contribution in [0, 0.1) is 0 Å². The molecule has 0 radical (unpaired) electrons. The van der Waals surface area contributed by atoms with Gasteiger partial charge in [-0.15, -0.1) is 0 Å². The van der Waals surface area contributed by atoms with Gasteiger partial charge in [0.15, 0.2) is 0 Å². The van der Waals surface area contributed by atoms with Crippen LogP contribution in [0.5, 0.6) is 0 Å². The quantitative estimate of drug-likeness (QED) is 0.864. The van der Waals surface area contributed by atoms with Crippen molar-refractivity contribution in [2.75, 3.05) is 0 Å². The van der Waals surface area contributed by atoms with Crippen LogP contribution in [0.15, 0.2) is 39.9 Å². The van der Waals surface area contributed by atoms with E-state index in [9.17, 15) is 9.59 Å². The Bertz CT molecular complexity index is 639. The fourth-order valence-corrected chi connectivity index (χ4v) is 2.00. The van der Waals surface area contributed by atoms with Gasteiger partial charge in [-0.05, 0) is 11.5 Å². The Kier molecular flexibility index (Phi) is 3.46. The van der Waals surface area contributed by atoms with Crippen LogP contribution in [0.4, 0.5) is 0 Å². The molecule has 0 spiro atoms. The molecule has 0 amide bonds. The van der Waals surface area contributed by atoms with Crippen LogP contribution < -0.4 is 11.2 Å². The summed E-state index contributed by atoms with van der Waals surface area (Å²) >= 11 is 0. The minimum atomic E-state index is -0.444. The summed E-state index contributed by atoms with van der Waals surface area (Å²) in [6.45, 7) is 3.92. The summed E-state index contributed by atoms with van der Waals surface area (Å²) in [6.07, 6.45) is 0.528. The molecule has 2 N–H and O–H groups in total. The zero-order valence-corrected chi connectivity index (χ0v) is 10.5. The molecular weight excluding hydrogens is 228 g/mol. The summed E-state index contributed by atoms with van der Waals surface area (Å²) in [6, 6.07) is 9.74. The van der Waals surface area contributed by atoms with Crippen LogP contribution in [0.1, 0.15) is 36.6 Å². The number of nitrogens with one attached hydrogen (secondary N) is 2. The molecule has 4 heteroatoms. The maximum atomic E-state index is 11.9. The molecule has 4 nitrogen and oxygen atoms in total. The summed E-state index contributed by atoms with van der Waals surface area (Å²) in [7, 11) is 0. The Labute approximate surface area is 105 Å². The first kappa shape index (κ1) is 12.4. The maximum absolute atomic E-state index is 11.9. The molecule has 0 aliphatic carbocycles. The average molecular weight is 244 g/mol. The van der Waals surface area contributed by atoms with E-state index in [0.717, 1.165) is 5.56 Å². The Morgan fingerprint density at radius 3 is 2.33 bits per heavy atom. The minimum Gasteiger partial charge on any atom is -0.311 e. The van der Waals surface area contributed by atoms with Gasteiger partial charge in [0.2, 0.25) is 0 Å². The number of aromatic nitrogens is 2. The highest BCUT2D eigenvalue weighted by molar-refractivity contribution is 5.28. The lowest BCUT2D eigenvalue weighted by Crippen LogP contribution is -2.28. The molecule has 0 saturated heterocycles. The average Bonchev–Trinajstić information content (AvgIpc) is 2.33. The van der Waals surface area contributed by atoms with Crippen molar-refractivity contribution in [2.45, 2.75) is 26.2 Å². The highest BCUT2D eigenvalue weighted by Crippen LogP contribution is 2.15. The predicted octanol–water partition coefficient (Wildman–Crippen LogP) is 1.78. The van der Waals surface area contributed by atoms with E-state index >= 15 is 0 Å². The predicted molar refractivity (Wildman–Crippen MR) is 71.0 cm³/mol. The molecule has 0 atom stereocenters. The van der Waals surface area contributed by atoms with Gasteiger partial charge in [-0.3, -0.25) is 9.78 Å². The Morgan fingerprint density at radius 1 is 1.06 bits per heavy atom. The van der Waals surface area contributed by atoms with Gasteiger partial charge in [0.1, 0.15) is 0 Å². The van der Waals surface area contributed by atoms with Crippen molar-refractivity contribution in [1.29, 1.82) is 0 Å². The van der Waals surface area contributed by atoms with Gasteiger partial charge in [-0.25, -0.2) is 4.79 Å². The van der Waals surface area contributed by atoms with Crippen molar-refractivity contribution < 1.29 is 0 Å². The van der Waals surface area contributed by atoms with Gasteiger partial charge < -0.3 is 4.98 Å². The van der Waals surface area contributed by atoms with E-state index in [1.165, 1.54) is 0 Å². The first-order valence-electron chi connectivity index (χ1n) is 5.97. The third-order valence-electron chi connectivity index (χ3n) is 2.88. The normalized spacial score (nSPS) is 10.8. The van der Waals surface area contributed by atoms with Gasteiger partial charge >= 0.3 is 5.69 Å². The number of hydrogen-bond acceptors (Lipinski definition) is 2. The van der Waals surface area contributed by atoms with E-state index in [1.54, 1.807) is 0 Å². The highest BCUT2D eigenvalue weighted by atomic mass is 16.2. The van der Waals surface area contributed by atoms with Gasteiger partial charge in [0, 0.05) is 17.7 Å². The zero-order valence-electron chi connectivity index (χ0n) is 10.5. The van der Waals surface area contributed by atoms with Crippen LogP contribution >= 0.6 is 0 Å². The topological polar surface area (TPSA) is 65.7 Å². The first-order valence-corrected chi connectivity index (χ1v) is 5.97. The molecule has 0 saturated carbocycles. The standard InChI is InChI=1S/C14H16N2O2/c1-9(2)12-11(13(17)16-14(18)15-12)8-10-6-4-3-5-7-10/h3-7,9H,8H2,1-2H3,(H2,15,16,17,18). The minimum absolute atomic E-state index is 0.110. The van der Waals surface area contributed by atoms with Crippen molar-refractivity contribution in [3.8, 4) is 0 Å². The Morgan fingerprint density at radius 2 is 1.72 bits per heavy atom. The summed E-state index contributed by atoms with van der Waals surface area (Å²) in [5, 5.41) is 0. The van der Waals surface area contributed by atoms with Crippen LogP contribution in [-0.4, -0.2) is 9.97 Å². The van der Waals surface area contributed by atoms with Crippen molar-refractivity contribution in [1.82, 2.24) is 9.97 Å². The van der Waals surface area contributed by atoms with E-state index in [0.29, 0.717) is 17.7 Å². The second-order valence-electron chi connectivity index (χ2n) is 4.62. The van der Waals surface area contributed by atoms with Gasteiger partial charge in [0.05, 0.1) is 0 Å². The largest absolute Gasteiger partial charge is 0.325 e. The van der Waals surface area contributed by atoms with Crippen molar-refractivity contribution >= 4 is 0 Å². The first-order chi connectivity index (χ1) is 8.58. The third-order valence-corrected chi connectivity index (χ3v) is 2.88. The molecule has 0 bridgehead atoms. The molecule has 18 heavy (non-hydrogen) atoms. The van der Waals surface area contributed by atoms with Crippen LogP contribution in [0.25, 0.3) is 0 Å². The molecule has 1 heterocycles. The van der Waals surface area contributed by atoms with Crippen molar-refractivity contribution in [3.05, 3.63) is 68.0 Å². The van der Waals surface area contributed by atoms with Crippen LogP contribution in [-0.2, 0) is 6.42 Å². The molecular formula is C14H16N2O2. The lowest BCUT2D eigenvalue weighted by atomic mass is 9.99. The summed E-state index contributed by atoms with van der Waals surface area (Å²) in [4.78, 5) is 28.2. The molecule has 1 aromatic heterocycles. The smallest absolute Gasteiger partial charge is 0.311 e. The van der Waals surface area contributed by atoms with Crippen LogP contribution in [0.3, 0.4) is 0 Å². The maximum Gasteiger partial charge on any atom is 0.325 e. The summed E-state index contributed by atoms with van der Waals surface area (Å²) in [5.41, 5.74) is 1.66. The van der Waals surface area contributed by atoms with Crippen molar-refractivity contribution in [2.24, 2.45) is 0 Å². The zero-order chi connectivity index (χ0) is 13.1. The van der Waals surface area contributed by atoms with Gasteiger partial charge in [-0.1, -0.05) is 44.2 Å². The number of rotatable bonds is 3. The molecule has 0 unspecified atom stereocenters. The van der Waals surface area contributed by atoms with E-state index < -0.39 is 5.69 Å². The Balaban J connectivity index is 2.50. The lowest BCUT2D eigenvalue weighted by molar-refractivity contribution is 0.771. The molecule has 2 aromatic rings. The number of benzene rings is 1. The number of aromatic amines is 2. The fourth-order valence-electron chi connectivity index (χ4n) is 2.00. The van der Waals surface area contributed by atoms with Crippen LogP contribution in [0.2, 0.25) is 0 Å². The fraction of sp³-hybridized carbons (Fsp3) is 0.286. The summed E-state index contributed by atoms with van der Waals surface area (Å²) in [5.74, 6) is 0.110. The van der Waals surface area contributed by atoms with Gasteiger partial charge in [-0.2, -0.15) is 0 Å². The van der Waals surface area contributed by atoms with E-state index in [2.05, 4.69) is 9.97 Å². The highest BCUT2D eigenvalue weighted by Gasteiger charge is 2.12. The van der Waals surface area contributed by atoms with E-state index in [4.69, 9.17) is 0 Å². The molecule has 0 aliphatic rings. The monoisotopic (exact) mass is 244 g/mol. The Hall–Kier alpha value is -2.10. The lowest BCUT2D eigenvalue weighted by Gasteiger charge is -2.11. The summed E-state index contributed by atoms with van der Waals surface area (Å²) < 4.78 is 0. The second kappa shape index (κ2) is 5.04. The molecule has 1 aromatic carbocycles. The third kappa shape index (κ3) is 2.59. The van der Waals surface area contributed by atoms with E-state index in [1.807, 2.05) is 44.2 Å².